The van der Waals surface area contributed by atoms with Crippen LogP contribution in [0.4, 0.5) is 11.4 Å². The van der Waals surface area contributed by atoms with Crippen LogP contribution in [0, 0.1) is 11.3 Å². The van der Waals surface area contributed by atoms with E-state index in [0.717, 1.165) is 0 Å². The van der Waals surface area contributed by atoms with Gasteiger partial charge in [0, 0.05) is 10.7 Å². The lowest BCUT2D eigenvalue weighted by Crippen LogP contribution is -2.17. The minimum atomic E-state index is -3.95. The third-order valence-corrected chi connectivity index (χ3v) is 4.23. The largest absolute Gasteiger partial charge is 0.396 e. The Balaban J connectivity index is 2.47. The maximum atomic E-state index is 12.2. The molecule has 0 saturated carbocycles. The van der Waals surface area contributed by atoms with Crippen LogP contribution in [0.1, 0.15) is 5.56 Å². The molecular weight excluding hydrogens is 344 g/mol. The molecule has 0 spiro atoms. The first kappa shape index (κ1) is 14.3. The van der Waals surface area contributed by atoms with Crippen LogP contribution >= 0.6 is 15.9 Å². The van der Waals surface area contributed by atoms with Crippen molar-refractivity contribution in [2.24, 2.45) is 0 Å². The Hall–Kier alpha value is -2.11. The van der Waals surface area contributed by atoms with E-state index in [9.17, 15) is 8.42 Å². The number of anilines is 2. The van der Waals surface area contributed by atoms with Crippen molar-refractivity contribution in [3.8, 4) is 6.07 Å². The van der Waals surface area contributed by atoms with Crippen LogP contribution in [0.25, 0.3) is 0 Å². The second-order valence-electron chi connectivity index (χ2n) is 3.80. The average molecular weight is 353 g/mol. The molecule has 3 N–H and O–H groups in total. The van der Waals surface area contributed by atoms with Crippen molar-refractivity contribution in [1.29, 1.82) is 5.26 Å². The highest BCUT2D eigenvalue weighted by Crippen LogP contribution is 2.24. The fourth-order valence-electron chi connectivity index (χ4n) is 1.52. The van der Waals surface area contributed by atoms with Gasteiger partial charge >= 0.3 is 0 Å². The number of sulfonamides is 1. The Morgan fingerprint density at radius 2 is 2.10 bits per heavy atom. The van der Waals surface area contributed by atoms with E-state index in [1.807, 2.05) is 6.07 Å². The van der Waals surface area contributed by atoms with E-state index < -0.39 is 10.0 Å². The summed E-state index contributed by atoms with van der Waals surface area (Å²) < 4.78 is 27.4. The molecule has 102 valence electrons. The first-order valence-corrected chi connectivity index (χ1v) is 7.64. The van der Waals surface area contributed by atoms with E-state index in [1.165, 1.54) is 30.5 Å². The molecule has 6 nitrogen and oxygen atoms in total. The number of pyridine rings is 1. The van der Waals surface area contributed by atoms with Gasteiger partial charge in [0.2, 0.25) is 0 Å². The highest BCUT2D eigenvalue weighted by molar-refractivity contribution is 9.10. The van der Waals surface area contributed by atoms with E-state index >= 15 is 0 Å². The van der Waals surface area contributed by atoms with Gasteiger partial charge in [0.15, 0.2) is 5.03 Å². The summed E-state index contributed by atoms with van der Waals surface area (Å²) in [6, 6.07) is 9.53. The third kappa shape index (κ3) is 2.89. The number of hydrogen-bond acceptors (Lipinski definition) is 5. The summed E-state index contributed by atoms with van der Waals surface area (Å²) >= 11 is 3.22. The number of nitrogens with two attached hydrogens (primary N) is 1. The molecule has 1 heterocycles. The van der Waals surface area contributed by atoms with E-state index in [1.54, 1.807) is 6.07 Å². The van der Waals surface area contributed by atoms with Gasteiger partial charge in [0.05, 0.1) is 16.9 Å². The fourth-order valence-corrected chi connectivity index (χ4v) is 3.01. The van der Waals surface area contributed by atoms with Crippen molar-refractivity contribution in [1.82, 2.24) is 4.98 Å². The fraction of sp³-hybridized carbons (Fsp3) is 0. The number of aromatic nitrogens is 1. The molecule has 0 fully saturated rings. The molecule has 0 aliphatic carbocycles. The lowest BCUT2D eigenvalue weighted by Gasteiger charge is -2.10. The van der Waals surface area contributed by atoms with Gasteiger partial charge in [-0.3, -0.25) is 4.72 Å². The van der Waals surface area contributed by atoms with Gasteiger partial charge in [-0.15, -0.1) is 0 Å². The molecule has 0 saturated heterocycles. The van der Waals surface area contributed by atoms with E-state index in [4.69, 9.17) is 11.0 Å². The van der Waals surface area contributed by atoms with Crippen LogP contribution in [0.2, 0.25) is 0 Å². The summed E-state index contributed by atoms with van der Waals surface area (Å²) in [5.41, 5.74) is 6.00. The highest BCUT2D eigenvalue weighted by atomic mass is 79.9. The van der Waals surface area contributed by atoms with Crippen LogP contribution in [-0.4, -0.2) is 13.4 Å². The minimum Gasteiger partial charge on any atom is -0.396 e. The number of rotatable bonds is 3. The van der Waals surface area contributed by atoms with Gasteiger partial charge in [0.25, 0.3) is 10.0 Å². The number of halogens is 1. The molecule has 1 aromatic carbocycles. The van der Waals surface area contributed by atoms with Gasteiger partial charge in [-0.25, -0.2) is 4.98 Å². The molecule has 0 aliphatic heterocycles. The molecule has 20 heavy (non-hydrogen) atoms. The quantitative estimate of drug-likeness (QED) is 0.878. The summed E-state index contributed by atoms with van der Waals surface area (Å²) in [6.07, 6.45) is 1.33. The second kappa shape index (κ2) is 5.48. The van der Waals surface area contributed by atoms with Crippen molar-refractivity contribution in [2.75, 3.05) is 10.5 Å². The number of nitriles is 1. The van der Waals surface area contributed by atoms with Crippen LogP contribution in [0.5, 0.6) is 0 Å². The molecular formula is C12H9BrN4O2S. The Bertz CT molecular complexity index is 799. The van der Waals surface area contributed by atoms with E-state index in [-0.39, 0.29) is 22.0 Å². The molecule has 2 rings (SSSR count). The highest BCUT2D eigenvalue weighted by Gasteiger charge is 2.20. The Morgan fingerprint density at radius 3 is 2.75 bits per heavy atom. The SMILES string of the molecule is N#Cc1ccc(Br)cc1NS(=O)(=O)c1ncccc1N. The summed E-state index contributed by atoms with van der Waals surface area (Å²) in [5, 5.41) is 8.72. The van der Waals surface area contributed by atoms with Crippen molar-refractivity contribution in [2.45, 2.75) is 5.03 Å². The predicted octanol–water partition coefficient (Wildman–Crippen LogP) is 2.10. The first-order valence-electron chi connectivity index (χ1n) is 5.37. The lowest BCUT2D eigenvalue weighted by molar-refractivity contribution is 0.598. The van der Waals surface area contributed by atoms with Crippen LogP contribution < -0.4 is 10.5 Å². The predicted molar refractivity (Wildman–Crippen MR) is 78.3 cm³/mol. The minimum absolute atomic E-state index is 0.0357. The van der Waals surface area contributed by atoms with Gasteiger partial charge in [-0.1, -0.05) is 15.9 Å². The Labute approximate surface area is 124 Å². The molecule has 0 unspecified atom stereocenters. The number of nitrogen functional groups attached to an aromatic ring is 1. The number of nitrogens with one attached hydrogen (secondary N) is 1. The normalized spacial score (nSPS) is 10.8. The monoisotopic (exact) mass is 352 g/mol. The maximum Gasteiger partial charge on any atom is 0.281 e. The van der Waals surface area contributed by atoms with E-state index in [2.05, 4.69) is 25.6 Å². The van der Waals surface area contributed by atoms with Gasteiger partial charge in [-0.2, -0.15) is 13.7 Å². The molecule has 0 radical (unpaired) electrons. The molecule has 0 bridgehead atoms. The standard InChI is InChI=1S/C12H9BrN4O2S/c13-9-4-3-8(7-14)11(6-9)17-20(18,19)12-10(15)2-1-5-16-12/h1-6,17H,15H2. The van der Waals surface area contributed by atoms with Crippen molar-refractivity contribution < 1.29 is 8.42 Å². The second-order valence-corrected chi connectivity index (χ2v) is 6.32. The summed E-state index contributed by atoms with van der Waals surface area (Å²) in [7, 11) is -3.95. The van der Waals surface area contributed by atoms with Crippen molar-refractivity contribution >= 4 is 37.3 Å². The first-order chi connectivity index (χ1) is 9.44. The molecule has 8 heteroatoms. The Kier molecular flexibility index (Phi) is 3.92. The van der Waals surface area contributed by atoms with Gasteiger partial charge in [0.1, 0.15) is 6.07 Å². The zero-order valence-electron chi connectivity index (χ0n) is 10.0. The summed E-state index contributed by atoms with van der Waals surface area (Å²) in [4.78, 5) is 3.75. The summed E-state index contributed by atoms with van der Waals surface area (Å²) in [5.74, 6) is 0. The zero-order valence-corrected chi connectivity index (χ0v) is 12.4. The molecule has 1 aromatic heterocycles. The van der Waals surface area contributed by atoms with Crippen LogP contribution in [0.3, 0.4) is 0 Å². The third-order valence-electron chi connectivity index (χ3n) is 2.40. The zero-order chi connectivity index (χ0) is 14.8. The smallest absolute Gasteiger partial charge is 0.281 e. The maximum absolute atomic E-state index is 12.2. The van der Waals surface area contributed by atoms with Crippen molar-refractivity contribution in [3.63, 3.8) is 0 Å². The molecule has 0 atom stereocenters. The van der Waals surface area contributed by atoms with Crippen molar-refractivity contribution in [3.05, 3.63) is 46.6 Å². The van der Waals surface area contributed by atoms with Crippen LogP contribution in [0.15, 0.2) is 46.0 Å². The average Bonchev–Trinajstić information content (AvgIpc) is 2.39. The van der Waals surface area contributed by atoms with Gasteiger partial charge < -0.3 is 5.73 Å². The Morgan fingerprint density at radius 1 is 1.35 bits per heavy atom. The topological polar surface area (TPSA) is 109 Å². The molecule has 0 amide bonds. The van der Waals surface area contributed by atoms with Crippen LogP contribution in [-0.2, 0) is 10.0 Å². The van der Waals surface area contributed by atoms with E-state index in [0.29, 0.717) is 4.47 Å². The molecule has 2 aromatic rings. The number of hydrogen-bond donors (Lipinski definition) is 2. The lowest BCUT2D eigenvalue weighted by atomic mass is 10.2. The molecule has 0 aliphatic rings. The number of nitrogens with zero attached hydrogens (tertiary/aromatic N) is 2. The van der Waals surface area contributed by atoms with Gasteiger partial charge in [-0.05, 0) is 30.3 Å². The summed E-state index contributed by atoms with van der Waals surface area (Å²) in [6.45, 7) is 0. The number of benzene rings is 1.